The standard InChI is InChI=1S/2C2H4S2.Pd/c2*1-2(3)4;/h2*1H3,(H,3,4);/q;;+2/p-2. The van der Waals surface area contributed by atoms with Crippen molar-refractivity contribution in [2.45, 2.75) is 13.8 Å². The van der Waals surface area contributed by atoms with Crippen LogP contribution in [0.2, 0.25) is 0 Å². The predicted octanol–water partition coefficient (Wildman–Crippen LogP) is 1.76. The minimum Gasteiger partial charge on any atom is -0.433 e. The zero-order chi connectivity index (χ0) is 7.15. The van der Waals surface area contributed by atoms with Gasteiger partial charge in [-0.2, -0.15) is 8.39 Å². The average molecular weight is 289 g/mol. The molecule has 0 atom stereocenters. The fraction of sp³-hybridized carbons (Fsp3) is 0.500. The largest absolute Gasteiger partial charge is 2.00 e. The molecule has 0 aromatic heterocycles. The first-order valence-electron chi connectivity index (χ1n) is 1.82. The third-order valence-electron chi connectivity index (χ3n) is 0. The first-order valence-corrected chi connectivity index (χ1v) is 3.45. The molecule has 0 radical (unpaired) electrons. The molecule has 0 heterocycles. The Morgan fingerprint density at radius 3 is 1.00 bits per heavy atom. The molecule has 0 nitrogen and oxygen atoms in total. The first kappa shape index (κ1) is 16.7. The molecule has 5 heteroatoms. The van der Waals surface area contributed by atoms with Crippen molar-refractivity contribution in [2.24, 2.45) is 0 Å². The Hall–Kier alpha value is 1.28. The molecule has 0 aliphatic rings. The maximum absolute atomic E-state index is 4.35. The van der Waals surface area contributed by atoms with E-state index >= 15 is 0 Å². The van der Waals surface area contributed by atoms with E-state index in [0.717, 1.165) is 0 Å². The van der Waals surface area contributed by atoms with Crippen molar-refractivity contribution < 1.29 is 20.4 Å². The van der Waals surface area contributed by atoms with Crippen LogP contribution >= 0.6 is 24.4 Å². The van der Waals surface area contributed by atoms with Gasteiger partial charge in [0.2, 0.25) is 0 Å². The molecule has 0 saturated carbocycles. The summed E-state index contributed by atoms with van der Waals surface area (Å²) < 4.78 is 1.17. The van der Waals surface area contributed by atoms with Gasteiger partial charge in [0, 0.05) is 0 Å². The van der Waals surface area contributed by atoms with E-state index in [1.54, 1.807) is 13.8 Å². The maximum Gasteiger partial charge on any atom is 2.00 e. The van der Waals surface area contributed by atoms with Gasteiger partial charge in [0.25, 0.3) is 0 Å². The molecule has 56 valence electrons. The van der Waals surface area contributed by atoms with Crippen LogP contribution in [0, 0.1) is 0 Å². The van der Waals surface area contributed by atoms with Crippen LogP contribution in [0.5, 0.6) is 0 Å². The predicted molar refractivity (Wildman–Crippen MR) is 51.3 cm³/mol. The summed E-state index contributed by atoms with van der Waals surface area (Å²) in [6.07, 6.45) is 0. The molecule has 0 saturated heterocycles. The van der Waals surface area contributed by atoms with E-state index in [2.05, 4.69) is 49.7 Å². The SMILES string of the molecule is CC(=S)[S-].CC(=S)[S-].[Pd+2]. The Labute approximate surface area is 91.6 Å². The molecule has 0 amide bonds. The van der Waals surface area contributed by atoms with Gasteiger partial charge in [0.15, 0.2) is 0 Å². The molecule has 0 aliphatic carbocycles. The summed E-state index contributed by atoms with van der Waals surface area (Å²) in [5.41, 5.74) is 0. The summed E-state index contributed by atoms with van der Waals surface area (Å²) in [6.45, 7) is 3.43. The van der Waals surface area contributed by atoms with Gasteiger partial charge in [-0.1, -0.05) is 13.8 Å². The Morgan fingerprint density at radius 2 is 1.00 bits per heavy atom. The fourth-order valence-corrected chi connectivity index (χ4v) is 0. The van der Waals surface area contributed by atoms with E-state index in [1.807, 2.05) is 0 Å². The molecule has 0 aromatic rings. The Morgan fingerprint density at radius 1 is 1.00 bits per heavy atom. The zero-order valence-corrected chi connectivity index (χ0v) is 9.77. The van der Waals surface area contributed by atoms with Crippen molar-refractivity contribution in [3.8, 4) is 0 Å². The molecule has 0 rings (SSSR count). The molecule has 0 unspecified atom stereocenters. The molecule has 0 N–H and O–H groups in total. The van der Waals surface area contributed by atoms with Gasteiger partial charge in [0.1, 0.15) is 0 Å². The summed E-state index contributed by atoms with van der Waals surface area (Å²) in [4.78, 5) is 0. The smallest absolute Gasteiger partial charge is 0.433 e. The van der Waals surface area contributed by atoms with E-state index in [0.29, 0.717) is 8.39 Å². The Kier molecular flexibility index (Phi) is 22.3. The quantitative estimate of drug-likeness (QED) is 0.378. The number of thiocarbonyl (C=S) groups is 2. The van der Waals surface area contributed by atoms with Crippen LogP contribution in [-0.4, -0.2) is 8.39 Å². The van der Waals surface area contributed by atoms with Crippen molar-refractivity contribution >= 4 is 58.1 Å². The van der Waals surface area contributed by atoms with E-state index in [1.165, 1.54) is 0 Å². The molecular weight excluding hydrogens is 283 g/mol. The van der Waals surface area contributed by atoms with Crippen LogP contribution in [0.3, 0.4) is 0 Å². The van der Waals surface area contributed by atoms with Crippen LogP contribution in [0.4, 0.5) is 0 Å². The monoisotopic (exact) mass is 288 g/mol. The van der Waals surface area contributed by atoms with Gasteiger partial charge in [-0.15, -0.1) is 0 Å². The summed E-state index contributed by atoms with van der Waals surface area (Å²) in [5.74, 6) is 0. The van der Waals surface area contributed by atoms with Gasteiger partial charge >= 0.3 is 20.4 Å². The molecule has 9 heavy (non-hydrogen) atoms. The van der Waals surface area contributed by atoms with Gasteiger partial charge in [0.05, 0.1) is 0 Å². The van der Waals surface area contributed by atoms with Crippen molar-refractivity contribution in [2.75, 3.05) is 0 Å². The summed E-state index contributed by atoms with van der Waals surface area (Å²) >= 11 is 17.4. The number of hydrogen-bond acceptors (Lipinski definition) is 4. The van der Waals surface area contributed by atoms with E-state index in [9.17, 15) is 0 Å². The van der Waals surface area contributed by atoms with Crippen LogP contribution in [0.25, 0.3) is 0 Å². The van der Waals surface area contributed by atoms with Gasteiger partial charge < -0.3 is 49.7 Å². The fourth-order valence-electron chi connectivity index (χ4n) is 0. The van der Waals surface area contributed by atoms with Crippen molar-refractivity contribution in [3.63, 3.8) is 0 Å². The summed E-state index contributed by atoms with van der Waals surface area (Å²) in [5, 5.41) is 0. The van der Waals surface area contributed by atoms with E-state index in [4.69, 9.17) is 0 Å². The maximum atomic E-state index is 4.35. The van der Waals surface area contributed by atoms with Crippen molar-refractivity contribution in [1.82, 2.24) is 0 Å². The molecule has 0 aliphatic heterocycles. The molecular formula is C4H6PdS4. The van der Waals surface area contributed by atoms with Gasteiger partial charge in [-0.25, -0.2) is 0 Å². The molecule has 0 aromatic carbocycles. The third-order valence-corrected chi connectivity index (χ3v) is 0. The zero-order valence-electron chi connectivity index (χ0n) is 4.95. The number of hydrogen-bond donors (Lipinski definition) is 0. The van der Waals surface area contributed by atoms with Gasteiger partial charge in [-0.3, -0.25) is 0 Å². The minimum absolute atomic E-state index is 0. The van der Waals surface area contributed by atoms with E-state index in [-0.39, 0.29) is 20.4 Å². The Bertz CT molecular complexity index is 70.6. The molecule has 0 spiro atoms. The van der Waals surface area contributed by atoms with E-state index < -0.39 is 0 Å². The third kappa shape index (κ3) is 299. The second-order valence-corrected chi connectivity index (χ2v) is 3.95. The second kappa shape index (κ2) is 12.0. The van der Waals surface area contributed by atoms with Crippen LogP contribution in [0.1, 0.15) is 13.8 Å². The van der Waals surface area contributed by atoms with Crippen molar-refractivity contribution in [3.05, 3.63) is 0 Å². The molecule has 0 bridgehead atoms. The topological polar surface area (TPSA) is 0 Å². The van der Waals surface area contributed by atoms with Crippen molar-refractivity contribution in [1.29, 1.82) is 0 Å². The van der Waals surface area contributed by atoms with Crippen LogP contribution < -0.4 is 0 Å². The van der Waals surface area contributed by atoms with Gasteiger partial charge in [-0.05, 0) is 0 Å². The Balaban J connectivity index is -0.0000000720. The van der Waals surface area contributed by atoms with Crippen LogP contribution in [-0.2, 0) is 45.7 Å². The average Bonchev–Trinajstić information content (AvgIpc) is 1.25. The summed E-state index contributed by atoms with van der Waals surface area (Å²) in [6, 6.07) is 0. The molecule has 0 fully saturated rings. The number of rotatable bonds is 0. The van der Waals surface area contributed by atoms with Crippen LogP contribution in [0.15, 0.2) is 0 Å². The minimum atomic E-state index is 0. The summed E-state index contributed by atoms with van der Waals surface area (Å²) in [7, 11) is 0. The second-order valence-electron chi connectivity index (χ2n) is 0.983. The first-order chi connectivity index (χ1) is 3.46. The normalized spacial score (nSPS) is 5.56.